The van der Waals surface area contributed by atoms with Crippen LogP contribution in [0.25, 0.3) is 0 Å². The van der Waals surface area contributed by atoms with Crippen molar-refractivity contribution >= 4 is 31.9 Å². The molecule has 0 fully saturated rings. The monoisotopic (exact) mass is 338 g/mol. The van der Waals surface area contributed by atoms with Gasteiger partial charge in [0.1, 0.15) is 5.69 Å². The molecule has 0 aliphatic carbocycles. The molecule has 15 heavy (non-hydrogen) atoms. The van der Waals surface area contributed by atoms with Crippen molar-refractivity contribution in [3.05, 3.63) is 27.5 Å². The summed E-state index contributed by atoms with van der Waals surface area (Å²) in [6.07, 6.45) is -1.18. The summed E-state index contributed by atoms with van der Waals surface area (Å²) in [5.74, 6) is 0. The number of nitriles is 1. The van der Waals surface area contributed by atoms with Gasteiger partial charge < -0.3 is 0 Å². The minimum Gasteiger partial charge on any atom is -0.254 e. The van der Waals surface area contributed by atoms with Crippen LogP contribution in [-0.2, 0) is 11.8 Å². The van der Waals surface area contributed by atoms with E-state index >= 15 is 0 Å². The average Bonchev–Trinajstić information content (AvgIpc) is 2.20. The zero-order valence-corrected chi connectivity index (χ0v) is 10.6. The van der Waals surface area contributed by atoms with Gasteiger partial charge >= 0.3 is 0 Å². The first-order chi connectivity index (χ1) is 7.11. The predicted octanol–water partition coefficient (Wildman–Crippen LogP) is 3.74. The largest absolute Gasteiger partial charge is 0.281 e. The summed E-state index contributed by atoms with van der Waals surface area (Å²) < 4.78 is 25.2. The Kier molecular flexibility index (Phi) is 4.61. The number of alkyl halides is 3. The van der Waals surface area contributed by atoms with Crippen LogP contribution in [0.4, 0.5) is 8.78 Å². The minimum absolute atomic E-state index is 0.0871. The van der Waals surface area contributed by atoms with Crippen molar-refractivity contribution in [3.8, 4) is 6.07 Å². The molecule has 0 amide bonds. The fraction of sp³-hybridized carbons (Fsp3) is 0.333. The van der Waals surface area contributed by atoms with E-state index in [1.54, 1.807) is 0 Å². The normalized spacial score (nSPS) is 10.4. The molecule has 0 unspecified atom stereocenters. The number of aromatic nitrogens is 1. The average molecular weight is 340 g/mol. The number of pyridine rings is 1. The maximum atomic E-state index is 12.5. The number of rotatable bonds is 3. The summed E-state index contributed by atoms with van der Waals surface area (Å²) in [5.41, 5.74) is 0.998. The van der Waals surface area contributed by atoms with Gasteiger partial charge in [0, 0.05) is 16.0 Å². The van der Waals surface area contributed by atoms with E-state index in [0.29, 0.717) is 10.9 Å². The first-order valence-corrected chi connectivity index (χ1v) is 5.90. The number of hydrogen-bond donors (Lipinski definition) is 0. The van der Waals surface area contributed by atoms with E-state index in [0.717, 1.165) is 5.56 Å². The lowest BCUT2D eigenvalue weighted by atomic mass is 10.1. The lowest BCUT2D eigenvalue weighted by Gasteiger charge is -2.09. The maximum absolute atomic E-state index is 12.5. The predicted molar refractivity (Wildman–Crippen MR) is 58.8 cm³/mol. The molecule has 0 radical (unpaired) electrons. The molecule has 0 aliphatic heterocycles. The molecule has 1 aromatic rings. The van der Waals surface area contributed by atoms with E-state index < -0.39 is 6.43 Å². The molecule has 0 saturated carbocycles. The molecule has 0 bridgehead atoms. The van der Waals surface area contributed by atoms with Crippen molar-refractivity contribution in [1.82, 2.24) is 4.98 Å². The first-order valence-electron chi connectivity index (χ1n) is 3.99. The molecule has 1 aromatic heterocycles. The topological polar surface area (TPSA) is 36.7 Å². The zero-order valence-electron chi connectivity index (χ0n) is 7.48. The van der Waals surface area contributed by atoms with Gasteiger partial charge in [-0.2, -0.15) is 5.26 Å². The Labute approximate surface area is 103 Å². The van der Waals surface area contributed by atoms with E-state index in [4.69, 9.17) is 5.26 Å². The van der Waals surface area contributed by atoms with Crippen molar-refractivity contribution < 1.29 is 8.78 Å². The van der Waals surface area contributed by atoms with Crippen molar-refractivity contribution in [2.24, 2.45) is 0 Å². The molecule has 2 nitrogen and oxygen atoms in total. The van der Waals surface area contributed by atoms with Gasteiger partial charge in [-0.15, -0.1) is 0 Å². The first kappa shape index (κ1) is 12.5. The van der Waals surface area contributed by atoms with Crippen LogP contribution in [0.3, 0.4) is 0 Å². The van der Waals surface area contributed by atoms with E-state index in [9.17, 15) is 8.78 Å². The third-order valence-electron chi connectivity index (χ3n) is 1.84. The van der Waals surface area contributed by atoms with Crippen LogP contribution in [0.5, 0.6) is 0 Å². The van der Waals surface area contributed by atoms with Crippen LogP contribution < -0.4 is 0 Å². The number of halogens is 4. The van der Waals surface area contributed by atoms with Crippen LogP contribution in [0.15, 0.2) is 10.7 Å². The summed E-state index contributed by atoms with van der Waals surface area (Å²) in [5, 5.41) is 9.08. The fourth-order valence-corrected chi connectivity index (χ4v) is 2.27. The number of hydrogen-bond acceptors (Lipinski definition) is 2. The highest BCUT2D eigenvalue weighted by molar-refractivity contribution is 9.10. The Morgan fingerprint density at radius 3 is 2.67 bits per heavy atom. The Balaban J connectivity index is 3.30. The fourth-order valence-electron chi connectivity index (χ4n) is 1.12. The standard InChI is InChI=1S/C9H6Br2F2N2/c10-3-5-4-15-8(9(12)13)7(11)6(5)1-2-14/h4,9H,1,3H2. The van der Waals surface area contributed by atoms with E-state index in [2.05, 4.69) is 36.8 Å². The lowest BCUT2D eigenvalue weighted by molar-refractivity contribution is 0.145. The van der Waals surface area contributed by atoms with Gasteiger partial charge in [-0.1, -0.05) is 15.9 Å². The maximum Gasteiger partial charge on any atom is 0.281 e. The van der Waals surface area contributed by atoms with Crippen LogP contribution in [0.1, 0.15) is 23.2 Å². The highest BCUT2D eigenvalue weighted by Crippen LogP contribution is 2.31. The van der Waals surface area contributed by atoms with Gasteiger partial charge in [0.05, 0.1) is 12.5 Å². The molecule has 0 saturated heterocycles. The minimum atomic E-state index is -2.64. The third-order valence-corrected chi connectivity index (χ3v) is 3.33. The molecular formula is C9H6Br2F2N2. The van der Waals surface area contributed by atoms with Gasteiger partial charge in [0.15, 0.2) is 0 Å². The molecule has 1 rings (SSSR count). The second-order valence-corrected chi connectivity index (χ2v) is 4.08. The smallest absolute Gasteiger partial charge is 0.254 e. The second-order valence-electron chi connectivity index (χ2n) is 2.73. The van der Waals surface area contributed by atoms with Gasteiger partial charge in [0.25, 0.3) is 6.43 Å². The Morgan fingerprint density at radius 1 is 1.53 bits per heavy atom. The lowest BCUT2D eigenvalue weighted by Crippen LogP contribution is -2.00. The Morgan fingerprint density at radius 2 is 2.20 bits per heavy atom. The van der Waals surface area contributed by atoms with Gasteiger partial charge in [0.2, 0.25) is 0 Å². The second kappa shape index (κ2) is 5.52. The third kappa shape index (κ3) is 2.73. The molecule has 0 N–H and O–H groups in total. The van der Waals surface area contributed by atoms with Crippen LogP contribution in [0, 0.1) is 11.3 Å². The highest BCUT2D eigenvalue weighted by atomic mass is 79.9. The zero-order chi connectivity index (χ0) is 11.4. The van der Waals surface area contributed by atoms with Crippen molar-refractivity contribution in [2.75, 3.05) is 0 Å². The van der Waals surface area contributed by atoms with Crippen molar-refractivity contribution in [3.63, 3.8) is 0 Å². The molecule has 0 atom stereocenters. The van der Waals surface area contributed by atoms with Crippen molar-refractivity contribution in [2.45, 2.75) is 18.2 Å². The summed E-state index contributed by atoms with van der Waals surface area (Å²) in [6, 6.07) is 1.94. The Bertz CT molecular complexity index is 402. The molecule has 1 heterocycles. The summed E-state index contributed by atoms with van der Waals surface area (Å²) in [4.78, 5) is 3.66. The van der Waals surface area contributed by atoms with Crippen LogP contribution in [0.2, 0.25) is 0 Å². The van der Waals surface area contributed by atoms with Gasteiger partial charge in [-0.3, -0.25) is 4.98 Å². The van der Waals surface area contributed by atoms with E-state index in [-0.39, 0.29) is 16.6 Å². The number of nitrogens with zero attached hydrogens (tertiary/aromatic N) is 2. The van der Waals surface area contributed by atoms with E-state index in [1.807, 2.05) is 6.07 Å². The highest BCUT2D eigenvalue weighted by Gasteiger charge is 2.18. The molecular weight excluding hydrogens is 334 g/mol. The van der Waals surface area contributed by atoms with Gasteiger partial charge in [-0.05, 0) is 27.1 Å². The van der Waals surface area contributed by atoms with E-state index in [1.165, 1.54) is 6.20 Å². The van der Waals surface area contributed by atoms with Crippen LogP contribution in [-0.4, -0.2) is 4.98 Å². The molecule has 0 aliphatic rings. The molecule has 0 spiro atoms. The molecule has 6 heteroatoms. The molecule has 0 aromatic carbocycles. The van der Waals surface area contributed by atoms with Gasteiger partial charge in [-0.25, -0.2) is 8.78 Å². The quantitative estimate of drug-likeness (QED) is 0.786. The molecule has 80 valence electrons. The SMILES string of the molecule is N#CCc1c(CBr)cnc(C(F)F)c1Br. The Hall–Kier alpha value is -0.540. The summed E-state index contributed by atoms with van der Waals surface area (Å²) >= 11 is 6.28. The summed E-state index contributed by atoms with van der Waals surface area (Å²) in [6.45, 7) is 0. The van der Waals surface area contributed by atoms with Crippen molar-refractivity contribution in [1.29, 1.82) is 5.26 Å². The van der Waals surface area contributed by atoms with Crippen LogP contribution >= 0.6 is 31.9 Å². The summed E-state index contributed by atoms with van der Waals surface area (Å²) in [7, 11) is 0.